The van der Waals surface area contributed by atoms with E-state index in [1.165, 1.54) is 18.5 Å². The molecule has 1 spiro atoms. The monoisotopic (exact) mass is 528 g/mol. The summed E-state index contributed by atoms with van der Waals surface area (Å²) in [6, 6.07) is 4.69. The van der Waals surface area contributed by atoms with E-state index in [1.807, 2.05) is 20.8 Å². The lowest BCUT2D eigenvalue weighted by molar-refractivity contribution is -0.108. The molecule has 2 aliphatic rings. The summed E-state index contributed by atoms with van der Waals surface area (Å²) in [7, 11) is 0. The maximum absolute atomic E-state index is 14.2. The number of carbonyl (C=O) groups is 2. The molecule has 0 aliphatic carbocycles. The van der Waals surface area contributed by atoms with Crippen molar-refractivity contribution in [1.29, 1.82) is 0 Å². The number of nitrogens with zero attached hydrogens (tertiary/aromatic N) is 4. The fourth-order valence-electron chi connectivity index (χ4n) is 6.12. The maximum Gasteiger partial charge on any atom is 0.254 e. The molecule has 9 heteroatoms. The highest BCUT2D eigenvalue weighted by atomic mass is 19.1. The molecule has 2 aliphatic heterocycles. The van der Waals surface area contributed by atoms with Crippen molar-refractivity contribution in [3.8, 4) is 0 Å². The highest BCUT2D eigenvalue weighted by Gasteiger charge is 2.50. The summed E-state index contributed by atoms with van der Waals surface area (Å²) < 4.78 is 14.2. The van der Waals surface area contributed by atoms with Crippen molar-refractivity contribution in [2.75, 3.05) is 32.7 Å². The molecule has 0 aromatic heterocycles. The highest BCUT2D eigenvalue weighted by molar-refractivity contribution is 5.96. The highest BCUT2D eigenvalue weighted by Crippen LogP contribution is 2.43. The van der Waals surface area contributed by atoms with Crippen molar-refractivity contribution in [2.24, 2.45) is 27.8 Å². The Morgan fingerprint density at radius 1 is 1.24 bits per heavy atom. The fourth-order valence-corrected chi connectivity index (χ4v) is 6.12. The molecular formula is C29H45FN6O2. The van der Waals surface area contributed by atoms with Crippen LogP contribution >= 0.6 is 0 Å². The van der Waals surface area contributed by atoms with Crippen LogP contribution in [0.4, 0.5) is 4.39 Å². The van der Waals surface area contributed by atoms with Crippen LogP contribution in [0.25, 0.3) is 0 Å². The fraction of sp³-hybridized carbons (Fsp3) is 0.621. The normalized spacial score (nSPS) is 18.8. The van der Waals surface area contributed by atoms with E-state index in [4.69, 9.17) is 11.5 Å². The Hall–Kier alpha value is -2.94. The molecule has 1 atom stereocenters. The molecule has 2 heterocycles. The van der Waals surface area contributed by atoms with E-state index < -0.39 is 5.82 Å². The standard InChI is InChI=1S/C29H45FN6O2/c1-6-36(21(4)5)28(38)24-15-23(30)10-9-22(24)14-25(32)27(33-19-31)34-12-11-29(16-34)17-35(18-29)26(20(2)3)8-7-13-37/h9-10,13,15,19-21,26H,6-8,11-12,14,16-18,32H2,1-5H3,(H2,31,33)/b27-25+. The average molecular weight is 529 g/mol. The van der Waals surface area contributed by atoms with Gasteiger partial charge >= 0.3 is 0 Å². The number of likely N-dealkylation sites (tertiary alicyclic amines) is 2. The molecule has 3 rings (SSSR count). The van der Waals surface area contributed by atoms with Gasteiger partial charge in [-0.3, -0.25) is 9.69 Å². The van der Waals surface area contributed by atoms with Crippen LogP contribution in [-0.2, 0) is 11.2 Å². The lowest BCUT2D eigenvalue weighted by Gasteiger charge is -2.52. The molecule has 4 N–H and O–H groups in total. The number of allylic oxidation sites excluding steroid dienone is 1. The van der Waals surface area contributed by atoms with Crippen LogP contribution in [0.2, 0.25) is 0 Å². The number of amides is 1. The van der Waals surface area contributed by atoms with Crippen LogP contribution in [0.5, 0.6) is 0 Å². The number of carbonyl (C=O) groups excluding carboxylic acids is 2. The van der Waals surface area contributed by atoms with E-state index in [1.54, 1.807) is 11.0 Å². The molecular weight excluding hydrogens is 483 g/mol. The van der Waals surface area contributed by atoms with Gasteiger partial charge in [0.05, 0.1) is 12.0 Å². The topological polar surface area (TPSA) is 108 Å². The summed E-state index contributed by atoms with van der Waals surface area (Å²) in [6.07, 6.45) is 5.04. The molecule has 8 nitrogen and oxygen atoms in total. The zero-order valence-electron chi connectivity index (χ0n) is 23.6. The summed E-state index contributed by atoms with van der Waals surface area (Å²) in [4.78, 5) is 35.0. The lowest BCUT2D eigenvalue weighted by Crippen LogP contribution is -2.61. The third kappa shape index (κ3) is 6.54. The second-order valence-corrected chi connectivity index (χ2v) is 11.4. The van der Waals surface area contributed by atoms with Gasteiger partial charge in [0.2, 0.25) is 0 Å². The minimum atomic E-state index is -0.455. The predicted octanol–water partition coefficient (Wildman–Crippen LogP) is 3.36. The molecule has 1 unspecified atom stereocenters. The van der Waals surface area contributed by atoms with Gasteiger partial charge in [-0.1, -0.05) is 19.9 Å². The van der Waals surface area contributed by atoms with Gasteiger partial charge < -0.3 is 26.1 Å². The Morgan fingerprint density at radius 3 is 2.53 bits per heavy atom. The number of benzene rings is 1. The van der Waals surface area contributed by atoms with E-state index in [2.05, 4.69) is 28.6 Å². The van der Waals surface area contributed by atoms with Gasteiger partial charge in [-0.15, -0.1) is 0 Å². The summed E-state index contributed by atoms with van der Waals surface area (Å²) in [5, 5.41) is 0. The molecule has 1 aromatic rings. The Kier molecular flexibility index (Phi) is 9.93. The van der Waals surface area contributed by atoms with Crippen LogP contribution in [-0.4, -0.2) is 78.0 Å². The second kappa shape index (κ2) is 12.7. The van der Waals surface area contributed by atoms with E-state index in [9.17, 15) is 14.0 Å². The van der Waals surface area contributed by atoms with Gasteiger partial charge in [-0.2, -0.15) is 0 Å². The molecule has 2 saturated heterocycles. The van der Waals surface area contributed by atoms with Crippen LogP contribution in [0.15, 0.2) is 34.7 Å². The van der Waals surface area contributed by atoms with Gasteiger partial charge in [0.25, 0.3) is 5.91 Å². The van der Waals surface area contributed by atoms with E-state index in [0.29, 0.717) is 47.6 Å². The first-order valence-electron chi connectivity index (χ1n) is 13.8. The average Bonchev–Trinajstić information content (AvgIpc) is 3.28. The summed E-state index contributed by atoms with van der Waals surface area (Å²) in [5.41, 5.74) is 14.0. The Bertz CT molecular complexity index is 1050. The Balaban J connectivity index is 1.79. The molecule has 2 fully saturated rings. The predicted molar refractivity (Wildman–Crippen MR) is 150 cm³/mol. The van der Waals surface area contributed by atoms with Gasteiger partial charge in [0.1, 0.15) is 17.9 Å². The van der Waals surface area contributed by atoms with Crippen molar-refractivity contribution >= 4 is 18.5 Å². The SMILES string of the molecule is CCN(C(=O)c1cc(F)ccc1C/C(N)=C(/N=CN)N1CCC2(C1)CN(C(CCC=O)C(C)C)C2)C(C)C. The number of aliphatic imine (C=N–C) groups is 1. The third-order valence-corrected chi connectivity index (χ3v) is 8.03. The van der Waals surface area contributed by atoms with E-state index in [0.717, 1.165) is 45.3 Å². The Morgan fingerprint density at radius 2 is 1.95 bits per heavy atom. The first kappa shape index (κ1) is 29.6. The van der Waals surface area contributed by atoms with E-state index >= 15 is 0 Å². The summed E-state index contributed by atoms with van der Waals surface area (Å²) in [5.74, 6) is 0.439. The molecule has 1 amide bonds. The number of nitrogens with two attached hydrogens (primary N) is 2. The van der Waals surface area contributed by atoms with Crippen LogP contribution in [0, 0.1) is 17.2 Å². The van der Waals surface area contributed by atoms with E-state index in [-0.39, 0.29) is 23.8 Å². The Labute approximate surface area is 226 Å². The smallest absolute Gasteiger partial charge is 0.254 e. The minimum absolute atomic E-state index is 0.00882. The van der Waals surface area contributed by atoms with Crippen molar-refractivity contribution in [2.45, 2.75) is 72.4 Å². The van der Waals surface area contributed by atoms with Crippen LogP contribution < -0.4 is 11.5 Å². The first-order chi connectivity index (χ1) is 18.1. The number of rotatable bonds is 12. The summed E-state index contributed by atoms with van der Waals surface area (Å²) >= 11 is 0. The first-order valence-corrected chi connectivity index (χ1v) is 13.8. The van der Waals surface area contributed by atoms with Crippen molar-refractivity contribution < 1.29 is 14.0 Å². The number of aldehydes is 1. The largest absolute Gasteiger partial charge is 0.399 e. The quantitative estimate of drug-likeness (QED) is 0.245. The second-order valence-electron chi connectivity index (χ2n) is 11.4. The van der Waals surface area contributed by atoms with Gasteiger partial charge in [-0.25, -0.2) is 9.38 Å². The van der Waals surface area contributed by atoms with Crippen molar-refractivity contribution in [1.82, 2.24) is 14.7 Å². The molecule has 0 saturated carbocycles. The zero-order chi connectivity index (χ0) is 28.0. The van der Waals surface area contributed by atoms with Crippen LogP contribution in [0.3, 0.4) is 0 Å². The molecule has 1 aromatic carbocycles. The minimum Gasteiger partial charge on any atom is -0.399 e. The molecule has 0 bridgehead atoms. The number of halogens is 1. The maximum atomic E-state index is 14.2. The van der Waals surface area contributed by atoms with Crippen molar-refractivity contribution in [3.05, 3.63) is 46.7 Å². The molecule has 38 heavy (non-hydrogen) atoms. The van der Waals surface area contributed by atoms with Gasteiger partial charge in [0, 0.05) is 68.6 Å². The molecule has 0 radical (unpaired) electrons. The van der Waals surface area contributed by atoms with Crippen molar-refractivity contribution in [3.63, 3.8) is 0 Å². The van der Waals surface area contributed by atoms with Gasteiger partial charge in [0.15, 0.2) is 0 Å². The zero-order valence-corrected chi connectivity index (χ0v) is 23.6. The number of hydrogen-bond acceptors (Lipinski definition) is 6. The number of hydrogen-bond donors (Lipinski definition) is 2. The lowest BCUT2D eigenvalue weighted by atomic mass is 9.76. The van der Waals surface area contributed by atoms with Crippen LogP contribution in [0.1, 0.15) is 69.8 Å². The summed E-state index contributed by atoms with van der Waals surface area (Å²) in [6.45, 7) is 14.4. The van der Waals surface area contributed by atoms with Gasteiger partial charge in [-0.05, 0) is 57.2 Å². The molecule has 210 valence electrons. The third-order valence-electron chi connectivity index (χ3n) is 8.03.